The Balaban J connectivity index is 2.79. The van der Waals surface area contributed by atoms with E-state index in [1.165, 1.54) is 12.1 Å². The van der Waals surface area contributed by atoms with E-state index in [2.05, 4.69) is 4.72 Å². The van der Waals surface area contributed by atoms with E-state index < -0.39 is 15.8 Å². The van der Waals surface area contributed by atoms with Crippen LogP contribution in [0.25, 0.3) is 0 Å². The minimum Gasteiger partial charge on any atom is -0.380 e. The quantitative estimate of drug-likeness (QED) is 0.789. The normalized spacial score (nSPS) is 11.7. The molecule has 1 aromatic carbocycles. The van der Waals surface area contributed by atoms with Crippen LogP contribution in [0.2, 0.25) is 0 Å². The minimum atomic E-state index is -3.66. The molecule has 0 unspecified atom stereocenters. The van der Waals surface area contributed by atoms with Crippen LogP contribution in [0.1, 0.15) is 12.5 Å². The lowest BCUT2D eigenvalue weighted by atomic mass is 10.2. The molecule has 0 bridgehead atoms. The molecule has 4 nitrogen and oxygen atoms in total. The van der Waals surface area contributed by atoms with Gasteiger partial charge < -0.3 is 4.74 Å². The Hall–Kier alpha value is -0.980. The SMILES string of the molecule is CCOCCNS(=O)(=O)c1cc(F)ccc1C. The first-order valence-corrected chi connectivity index (χ1v) is 6.79. The van der Waals surface area contributed by atoms with Gasteiger partial charge in [0, 0.05) is 13.2 Å². The number of ether oxygens (including phenoxy) is 1. The van der Waals surface area contributed by atoms with E-state index in [1.54, 1.807) is 6.92 Å². The molecule has 0 spiro atoms. The number of hydrogen-bond acceptors (Lipinski definition) is 3. The predicted molar refractivity (Wildman–Crippen MR) is 62.8 cm³/mol. The van der Waals surface area contributed by atoms with Crippen LogP contribution < -0.4 is 4.72 Å². The molecule has 1 rings (SSSR count). The zero-order chi connectivity index (χ0) is 12.9. The van der Waals surface area contributed by atoms with Gasteiger partial charge in [-0.1, -0.05) is 6.07 Å². The molecule has 0 saturated heterocycles. The van der Waals surface area contributed by atoms with Gasteiger partial charge in [-0.2, -0.15) is 0 Å². The van der Waals surface area contributed by atoms with Crippen molar-refractivity contribution in [1.82, 2.24) is 4.72 Å². The van der Waals surface area contributed by atoms with Crippen LogP contribution in [0.4, 0.5) is 4.39 Å². The van der Waals surface area contributed by atoms with Crippen molar-refractivity contribution in [2.45, 2.75) is 18.7 Å². The van der Waals surface area contributed by atoms with Gasteiger partial charge in [0.2, 0.25) is 10.0 Å². The average molecular weight is 261 g/mol. The summed E-state index contributed by atoms with van der Waals surface area (Å²) >= 11 is 0. The number of aryl methyl sites for hydroxylation is 1. The Bertz CT molecular complexity index is 474. The zero-order valence-electron chi connectivity index (χ0n) is 9.86. The van der Waals surface area contributed by atoms with E-state index in [0.717, 1.165) is 6.07 Å². The summed E-state index contributed by atoms with van der Waals surface area (Å²) in [6, 6.07) is 3.68. The number of rotatable bonds is 6. The third-order valence-electron chi connectivity index (χ3n) is 2.18. The number of benzene rings is 1. The smallest absolute Gasteiger partial charge is 0.241 e. The Labute approximate surface area is 101 Å². The van der Waals surface area contributed by atoms with Crippen molar-refractivity contribution in [3.8, 4) is 0 Å². The predicted octanol–water partition coefficient (Wildman–Crippen LogP) is 1.45. The van der Waals surface area contributed by atoms with Crippen molar-refractivity contribution in [3.63, 3.8) is 0 Å². The van der Waals surface area contributed by atoms with E-state index in [9.17, 15) is 12.8 Å². The molecule has 0 aromatic heterocycles. The largest absolute Gasteiger partial charge is 0.380 e. The molecule has 17 heavy (non-hydrogen) atoms. The number of nitrogens with one attached hydrogen (secondary N) is 1. The number of halogens is 1. The summed E-state index contributed by atoms with van der Waals surface area (Å²) in [6.07, 6.45) is 0. The average Bonchev–Trinajstić information content (AvgIpc) is 2.28. The van der Waals surface area contributed by atoms with E-state index in [0.29, 0.717) is 18.8 Å². The highest BCUT2D eigenvalue weighted by atomic mass is 32.2. The standard InChI is InChI=1S/C11H16FNO3S/c1-3-16-7-6-13-17(14,15)11-8-10(12)5-4-9(11)2/h4-5,8,13H,3,6-7H2,1-2H3. The molecule has 1 aromatic rings. The fourth-order valence-electron chi connectivity index (χ4n) is 1.33. The minimum absolute atomic E-state index is 0.0333. The lowest BCUT2D eigenvalue weighted by Crippen LogP contribution is -2.28. The molecule has 96 valence electrons. The molecule has 0 aliphatic heterocycles. The molecule has 1 N–H and O–H groups in total. The summed E-state index contributed by atoms with van der Waals surface area (Å²) < 4.78 is 44.1. The first kappa shape index (κ1) is 14.1. The lowest BCUT2D eigenvalue weighted by molar-refractivity contribution is 0.153. The lowest BCUT2D eigenvalue weighted by Gasteiger charge is -2.09. The number of hydrogen-bond donors (Lipinski definition) is 1. The van der Waals surface area contributed by atoms with Gasteiger partial charge in [0.05, 0.1) is 11.5 Å². The van der Waals surface area contributed by atoms with Crippen molar-refractivity contribution < 1.29 is 17.5 Å². The van der Waals surface area contributed by atoms with E-state index in [4.69, 9.17) is 4.74 Å². The van der Waals surface area contributed by atoms with Crippen LogP contribution >= 0.6 is 0 Å². The van der Waals surface area contributed by atoms with E-state index in [1.807, 2.05) is 6.92 Å². The monoisotopic (exact) mass is 261 g/mol. The van der Waals surface area contributed by atoms with Crippen molar-refractivity contribution in [2.75, 3.05) is 19.8 Å². The maximum Gasteiger partial charge on any atom is 0.241 e. The van der Waals surface area contributed by atoms with E-state index in [-0.39, 0.29) is 11.4 Å². The molecule has 0 aliphatic rings. The molecule has 0 amide bonds. The summed E-state index contributed by atoms with van der Waals surface area (Å²) in [5.74, 6) is -0.569. The van der Waals surface area contributed by atoms with Gasteiger partial charge in [-0.05, 0) is 31.5 Å². The Morgan fingerprint density at radius 1 is 1.41 bits per heavy atom. The van der Waals surface area contributed by atoms with Gasteiger partial charge >= 0.3 is 0 Å². The maximum absolute atomic E-state index is 13.0. The van der Waals surface area contributed by atoms with Crippen LogP contribution in [0.5, 0.6) is 0 Å². The Kier molecular flexibility index (Phi) is 5.04. The second-order valence-electron chi connectivity index (χ2n) is 3.50. The van der Waals surface area contributed by atoms with Crippen molar-refractivity contribution in [1.29, 1.82) is 0 Å². The Morgan fingerprint density at radius 3 is 2.76 bits per heavy atom. The second-order valence-corrected chi connectivity index (χ2v) is 5.24. The van der Waals surface area contributed by atoms with Crippen LogP contribution in [-0.2, 0) is 14.8 Å². The van der Waals surface area contributed by atoms with Crippen LogP contribution in [0.15, 0.2) is 23.1 Å². The summed E-state index contributed by atoms with van der Waals surface area (Å²) in [4.78, 5) is -0.0333. The van der Waals surface area contributed by atoms with Crippen LogP contribution in [0, 0.1) is 12.7 Å². The summed E-state index contributed by atoms with van der Waals surface area (Å²) in [5, 5.41) is 0. The maximum atomic E-state index is 13.0. The van der Waals surface area contributed by atoms with Crippen molar-refractivity contribution >= 4 is 10.0 Å². The molecule has 0 fully saturated rings. The molecule has 0 atom stereocenters. The highest BCUT2D eigenvalue weighted by Crippen LogP contribution is 2.15. The van der Waals surface area contributed by atoms with Gasteiger partial charge in [-0.3, -0.25) is 0 Å². The third-order valence-corrected chi connectivity index (χ3v) is 3.79. The number of sulfonamides is 1. The van der Waals surface area contributed by atoms with Gasteiger partial charge in [0.25, 0.3) is 0 Å². The van der Waals surface area contributed by atoms with Gasteiger partial charge in [-0.15, -0.1) is 0 Å². The van der Waals surface area contributed by atoms with Crippen LogP contribution in [0.3, 0.4) is 0 Å². The summed E-state index contributed by atoms with van der Waals surface area (Å²) in [5.41, 5.74) is 0.510. The molecule has 0 saturated carbocycles. The van der Waals surface area contributed by atoms with Gasteiger partial charge in [0.15, 0.2) is 0 Å². The fourth-order valence-corrected chi connectivity index (χ4v) is 2.60. The van der Waals surface area contributed by atoms with Gasteiger partial charge in [0.1, 0.15) is 5.82 Å². The second kappa shape index (κ2) is 6.09. The zero-order valence-corrected chi connectivity index (χ0v) is 10.7. The van der Waals surface area contributed by atoms with Crippen molar-refractivity contribution in [2.24, 2.45) is 0 Å². The molecule has 0 aliphatic carbocycles. The first-order valence-electron chi connectivity index (χ1n) is 5.31. The first-order chi connectivity index (χ1) is 7.97. The highest BCUT2D eigenvalue weighted by Gasteiger charge is 2.16. The van der Waals surface area contributed by atoms with E-state index >= 15 is 0 Å². The molecule has 0 radical (unpaired) electrons. The molecule has 6 heteroatoms. The van der Waals surface area contributed by atoms with Gasteiger partial charge in [-0.25, -0.2) is 17.5 Å². The fraction of sp³-hybridized carbons (Fsp3) is 0.455. The molecular formula is C11H16FNO3S. The summed E-state index contributed by atoms with van der Waals surface area (Å²) in [6.45, 7) is 4.44. The highest BCUT2D eigenvalue weighted by molar-refractivity contribution is 7.89. The topological polar surface area (TPSA) is 55.4 Å². The summed E-state index contributed by atoms with van der Waals surface area (Å²) in [7, 11) is -3.66. The van der Waals surface area contributed by atoms with Crippen molar-refractivity contribution in [3.05, 3.63) is 29.6 Å². The Morgan fingerprint density at radius 2 is 2.12 bits per heavy atom. The van der Waals surface area contributed by atoms with Crippen LogP contribution in [-0.4, -0.2) is 28.2 Å². The molecular weight excluding hydrogens is 245 g/mol. The molecule has 0 heterocycles. The third kappa shape index (κ3) is 4.07.